The lowest BCUT2D eigenvalue weighted by Gasteiger charge is -2.23. The molecule has 1 aliphatic rings. The number of halogens is 1. The van der Waals surface area contributed by atoms with Crippen LogP contribution in [0.2, 0.25) is 0 Å². The standard InChI is InChI=1S/C29H31FN6O3S/c1-18-19(2)27(20-8-10-21(11-9-20)36-40(3,37)38)24(30)16-26(18)39-28-23(7-5-14-32-28)25-12-15-33-29(35-25)34-22-6-4-13-31-17-22/h5,7-12,14-16,22,31,36H,4,6,13,17H2,1-3H3,(H,33,34,35)/t22-/m0/s1. The fourth-order valence-corrected chi connectivity index (χ4v) is 5.30. The lowest BCUT2D eigenvalue weighted by molar-refractivity contribution is 0.456. The number of benzene rings is 2. The van der Waals surface area contributed by atoms with Crippen molar-refractivity contribution in [3.05, 3.63) is 77.9 Å². The predicted molar refractivity (Wildman–Crippen MR) is 155 cm³/mol. The third-order valence-corrected chi connectivity index (χ3v) is 7.43. The van der Waals surface area contributed by atoms with Gasteiger partial charge in [-0.2, -0.15) is 0 Å². The largest absolute Gasteiger partial charge is 0.438 e. The van der Waals surface area contributed by atoms with Crippen molar-refractivity contribution in [1.29, 1.82) is 0 Å². The van der Waals surface area contributed by atoms with Gasteiger partial charge >= 0.3 is 0 Å². The number of nitrogens with zero attached hydrogens (tertiary/aromatic N) is 3. The van der Waals surface area contributed by atoms with Crippen LogP contribution in [0.4, 0.5) is 16.0 Å². The number of piperidine rings is 1. The van der Waals surface area contributed by atoms with E-state index in [1.165, 1.54) is 6.07 Å². The molecule has 2 aromatic heterocycles. The molecule has 0 bridgehead atoms. The zero-order valence-electron chi connectivity index (χ0n) is 22.5. The predicted octanol–water partition coefficient (Wildman–Crippen LogP) is 5.29. The van der Waals surface area contributed by atoms with Crippen molar-refractivity contribution in [2.24, 2.45) is 0 Å². The maximum atomic E-state index is 15.5. The molecule has 1 saturated heterocycles. The topological polar surface area (TPSA) is 118 Å². The summed E-state index contributed by atoms with van der Waals surface area (Å²) in [5.74, 6) is 0.710. The average molecular weight is 563 g/mol. The van der Waals surface area contributed by atoms with Crippen LogP contribution in [0, 0.1) is 19.7 Å². The molecule has 0 saturated carbocycles. The molecule has 208 valence electrons. The number of rotatable bonds is 8. The van der Waals surface area contributed by atoms with Gasteiger partial charge in [0.05, 0.1) is 17.5 Å². The lowest BCUT2D eigenvalue weighted by Crippen LogP contribution is -2.38. The lowest BCUT2D eigenvalue weighted by atomic mass is 9.95. The summed E-state index contributed by atoms with van der Waals surface area (Å²) in [7, 11) is -3.41. The first-order valence-corrected chi connectivity index (χ1v) is 14.9. The molecule has 1 atom stereocenters. The Balaban J connectivity index is 1.42. The van der Waals surface area contributed by atoms with Gasteiger partial charge in [0.1, 0.15) is 11.6 Å². The molecule has 0 radical (unpaired) electrons. The Morgan fingerprint density at radius 1 is 1.05 bits per heavy atom. The van der Waals surface area contributed by atoms with Crippen molar-refractivity contribution in [3.8, 4) is 34.0 Å². The van der Waals surface area contributed by atoms with Gasteiger partial charge in [-0.1, -0.05) is 12.1 Å². The van der Waals surface area contributed by atoms with Crippen LogP contribution in [0.1, 0.15) is 24.0 Å². The minimum atomic E-state index is -3.41. The van der Waals surface area contributed by atoms with Gasteiger partial charge < -0.3 is 15.4 Å². The van der Waals surface area contributed by atoms with Crippen LogP contribution in [-0.2, 0) is 10.0 Å². The van der Waals surface area contributed by atoms with E-state index in [1.54, 1.807) is 48.8 Å². The quantitative estimate of drug-likeness (QED) is 0.265. The highest BCUT2D eigenvalue weighted by atomic mass is 32.2. The third-order valence-electron chi connectivity index (χ3n) is 6.82. The summed E-state index contributed by atoms with van der Waals surface area (Å²) < 4.78 is 47.1. The van der Waals surface area contributed by atoms with Crippen molar-refractivity contribution in [2.45, 2.75) is 32.7 Å². The second-order valence-corrected chi connectivity index (χ2v) is 11.6. The molecule has 1 fully saturated rings. The monoisotopic (exact) mass is 562 g/mol. The molecule has 11 heteroatoms. The van der Waals surface area contributed by atoms with E-state index in [0.717, 1.165) is 37.8 Å². The minimum Gasteiger partial charge on any atom is -0.438 e. The summed E-state index contributed by atoms with van der Waals surface area (Å²) in [4.78, 5) is 13.5. The maximum Gasteiger partial charge on any atom is 0.229 e. The molecule has 4 aromatic rings. The smallest absolute Gasteiger partial charge is 0.229 e. The SMILES string of the molecule is Cc1c(Oc2ncccc2-c2ccnc(N[C@H]3CCCNC3)n2)cc(F)c(-c2ccc(NS(C)(=O)=O)cc2)c1C. The Labute approximate surface area is 233 Å². The maximum absolute atomic E-state index is 15.5. The fraction of sp³-hybridized carbons (Fsp3) is 0.276. The van der Waals surface area contributed by atoms with Crippen LogP contribution >= 0.6 is 0 Å². The molecule has 0 unspecified atom stereocenters. The van der Waals surface area contributed by atoms with Gasteiger partial charge in [-0.25, -0.2) is 27.8 Å². The first-order chi connectivity index (χ1) is 19.2. The summed E-state index contributed by atoms with van der Waals surface area (Å²) in [5.41, 5.74) is 4.19. The van der Waals surface area contributed by atoms with Crippen molar-refractivity contribution in [3.63, 3.8) is 0 Å². The van der Waals surface area contributed by atoms with E-state index in [-0.39, 0.29) is 6.04 Å². The van der Waals surface area contributed by atoms with Gasteiger partial charge in [0.2, 0.25) is 21.9 Å². The molecule has 40 heavy (non-hydrogen) atoms. The average Bonchev–Trinajstić information content (AvgIpc) is 2.93. The van der Waals surface area contributed by atoms with Crippen molar-refractivity contribution >= 4 is 21.7 Å². The van der Waals surface area contributed by atoms with Crippen LogP contribution in [0.25, 0.3) is 22.4 Å². The van der Waals surface area contributed by atoms with Crippen molar-refractivity contribution < 1.29 is 17.5 Å². The fourth-order valence-electron chi connectivity index (χ4n) is 4.73. The number of ether oxygens (including phenoxy) is 1. The summed E-state index contributed by atoms with van der Waals surface area (Å²) in [6.07, 6.45) is 6.53. The third kappa shape index (κ3) is 6.37. The highest BCUT2D eigenvalue weighted by Crippen LogP contribution is 2.38. The molecule has 9 nitrogen and oxygen atoms in total. The Morgan fingerprint density at radius 2 is 1.85 bits per heavy atom. The molecule has 3 heterocycles. The highest BCUT2D eigenvalue weighted by Gasteiger charge is 2.19. The second-order valence-electron chi connectivity index (χ2n) is 9.84. The Morgan fingerprint density at radius 3 is 2.58 bits per heavy atom. The van der Waals surface area contributed by atoms with Gasteiger partial charge in [-0.3, -0.25) is 4.72 Å². The molecular formula is C29H31FN6O3S. The van der Waals surface area contributed by atoms with Gasteiger partial charge in [0, 0.05) is 42.3 Å². The van der Waals surface area contributed by atoms with Crippen LogP contribution < -0.4 is 20.1 Å². The van der Waals surface area contributed by atoms with E-state index in [2.05, 4.69) is 25.3 Å². The van der Waals surface area contributed by atoms with Gasteiger partial charge in [0.15, 0.2) is 0 Å². The molecule has 5 rings (SSSR count). The normalized spacial score (nSPS) is 15.4. The van der Waals surface area contributed by atoms with E-state index in [0.29, 0.717) is 51.2 Å². The van der Waals surface area contributed by atoms with Gasteiger partial charge in [-0.15, -0.1) is 0 Å². The zero-order valence-corrected chi connectivity index (χ0v) is 23.3. The number of hydrogen-bond acceptors (Lipinski definition) is 8. The zero-order chi connectivity index (χ0) is 28.3. The summed E-state index contributed by atoms with van der Waals surface area (Å²) in [6.45, 7) is 5.56. The highest BCUT2D eigenvalue weighted by molar-refractivity contribution is 7.92. The Hall–Kier alpha value is -4.09. The van der Waals surface area contributed by atoms with Crippen LogP contribution in [0.3, 0.4) is 0 Å². The van der Waals surface area contributed by atoms with E-state index < -0.39 is 15.8 Å². The first kappa shape index (κ1) is 27.5. The Bertz CT molecular complexity index is 1620. The molecule has 2 aromatic carbocycles. The summed E-state index contributed by atoms with van der Waals surface area (Å²) in [6, 6.07) is 13.6. The second kappa shape index (κ2) is 11.6. The van der Waals surface area contributed by atoms with E-state index in [4.69, 9.17) is 9.72 Å². The van der Waals surface area contributed by atoms with Crippen LogP contribution in [-0.4, -0.2) is 48.8 Å². The molecule has 0 spiro atoms. The number of anilines is 2. The number of aromatic nitrogens is 3. The van der Waals surface area contributed by atoms with E-state index >= 15 is 4.39 Å². The van der Waals surface area contributed by atoms with E-state index in [1.807, 2.05) is 19.9 Å². The van der Waals surface area contributed by atoms with Gasteiger partial charge in [0.25, 0.3) is 0 Å². The molecule has 3 N–H and O–H groups in total. The van der Waals surface area contributed by atoms with Gasteiger partial charge in [-0.05, 0) is 80.3 Å². The minimum absolute atomic E-state index is 0.257. The van der Waals surface area contributed by atoms with E-state index in [9.17, 15) is 8.42 Å². The molecular weight excluding hydrogens is 531 g/mol. The van der Waals surface area contributed by atoms with Crippen LogP contribution in [0.15, 0.2) is 60.9 Å². The molecule has 0 aliphatic carbocycles. The van der Waals surface area contributed by atoms with Crippen LogP contribution in [0.5, 0.6) is 11.6 Å². The molecule has 1 aliphatic heterocycles. The molecule has 0 amide bonds. The first-order valence-electron chi connectivity index (χ1n) is 13.0. The summed E-state index contributed by atoms with van der Waals surface area (Å²) in [5, 5.41) is 6.76. The number of nitrogens with one attached hydrogen (secondary N) is 3. The van der Waals surface area contributed by atoms with Crippen molar-refractivity contribution in [2.75, 3.05) is 29.4 Å². The van der Waals surface area contributed by atoms with Crippen molar-refractivity contribution in [1.82, 2.24) is 20.3 Å². The number of sulfonamides is 1. The number of hydrogen-bond donors (Lipinski definition) is 3. The summed E-state index contributed by atoms with van der Waals surface area (Å²) >= 11 is 0. The number of pyridine rings is 1. The Kier molecular flexibility index (Phi) is 7.95.